The summed E-state index contributed by atoms with van der Waals surface area (Å²) in [5.74, 6) is -0.147. The van der Waals surface area contributed by atoms with Crippen molar-refractivity contribution in [3.8, 4) is 0 Å². The predicted molar refractivity (Wildman–Crippen MR) is 89.7 cm³/mol. The zero-order valence-electron chi connectivity index (χ0n) is 14.5. The summed E-state index contributed by atoms with van der Waals surface area (Å²) < 4.78 is 2.04. The van der Waals surface area contributed by atoms with Crippen LogP contribution in [-0.4, -0.2) is 39.6 Å². The summed E-state index contributed by atoms with van der Waals surface area (Å²) in [6.45, 7) is 8.78. The Morgan fingerprint density at radius 2 is 2.12 bits per heavy atom. The van der Waals surface area contributed by atoms with Gasteiger partial charge in [-0.15, -0.1) is 0 Å². The maximum absolute atomic E-state index is 12.2. The van der Waals surface area contributed by atoms with Crippen LogP contribution in [0.4, 0.5) is 0 Å². The number of carbonyl (C=O) groups excluding carboxylic acids is 2. The normalized spacial score (nSPS) is 19.6. The van der Waals surface area contributed by atoms with Crippen LogP contribution in [0.2, 0.25) is 0 Å². The third kappa shape index (κ3) is 3.45. The average Bonchev–Trinajstić information content (AvgIpc) is 3.26. The molecule has 0 unspecified atom stereocenters. The van der Waals surface area contributed by atoms with Crippen LogP contribution >= 0.6 is 0 Å². The molecule has 7 heteroatoms. The lowest BCUT2D eigenvalue weighted by Crippen LogP contribution is -2.40. The van der Waals surface area contributed by atoms with E-state index >= 15 is 0 Å². The van der Waals surface area contributed by atoms with E-state index in [9.17, 15) is 9.59 Å². The highest BCUT2D eigenvalue weighted by molar-refractivity contribution is 6.07. The number of carbonyl (C=O) groups is 2. The number of primary amides is 1. The molecular weight excluding hydrogens is 306 g/mol. The van der Waals surface area contributed by atoms with Gasteiger partial charge in [0.1, 0.15) is 5.41 Å². The monoisotopic (exact) mass is 333 g/mol. The van der Waals surface area contributed by atoms with Gasteiger partial charge in [-0.25, -0.2) is 0 Å². The number of rotatable bonds is 6. The number of hydrogen-bond acceptors (Lipinski definition) is 4. The molecule has 0 radical (unpaired) electrons. The molecule has 0 saturated heterocycles. The minimum Gasteiger partial charge on any atom is -0.369 e. The van der Waals surface area contributed by atoms with Crippen LogP contribution in [-0.2, 0) is 29.2 Å². The quantitative estimate of drug-likeness (QED) is 0.747. The van der Waals surface area contributed by atoms with Crippen molar-refractivity contribution in [1.82, 2.24) is 20.0 Å². The van der Waals surface area contributed by atoms with Crippen molar-refractivity contribution in [1.29, 1.82) is 0 Å². The first-order valence-electron chi connectivity index (χ1n) is 8.77. The van der Waals surface area contributed by atoms with Gasteiger partial charge >= 0.3 is 0 Å². The van der Waals surface area contributed by atoms with Gasteiger partial charge in [-0.05, 0) is 31.2 Å². The van der Waals surface area contributed by atoms with Crippen LogP contribution in [0.15, 0.2) is 6.07 Å². The highest BCUT2D eigenvalue weighted by Gasteiger charge is 2.55. The van der Waals surface area contributed by atoms with Gasteiger partial charge in [0.2, 0.25) is 11.8 Å². The summed E-state index contributed by atoms with van der Waals surface area (Å²) in [6, 6.07) is 2.06. The molecule has 0 aromatic carbocycles. The maximum atomic E-state index is 12.2. The van der Waals surface area contributed by atoms with Gasteiger partial charge in [0.25, 0.3) is 0 Å². The third-order valence-corrected chi connectivity index (χ3v) is 4.85. The van der Waals surface area contributed by atoms with Crippen molar-refractivity contribution in [2.75, 3.05) is 13.1 Å². The molecule has 1 aliphatic carbocycles. The lowest BCUT2D eigenvalue weighted by atomic mass is 10.1. The fourth-order valence-corrected chi connectivity index (χ4v) is 3.40. The van der Waals surface area contributed by atoms with Gasteiger partial charge in [-0.3, -0.25) is 19.2 Å². The van der Waals surface area contributed by atoms with Crippen LogP contribution in [0.3, 0.4) is 0 Å². The minimum absolute atomic E-state index is 0.264. The molecule has 3 rings (SSSR count). The molecule has 2 amide bonds. The van der Waals surface area contributed by atoms with Crippen LogP contribution in [0.25, 0.3) is 0 Å². The Balaban J connectivity index is 1.61. The predicted octanol–water partition coefficient (Wildman–Crippen LogP) is 0.627. The fourth-order valence-electron chi connectivity index (χ4n) is 3.40. The molecule has 0 spiro atoms. The first kappa shape index (κ1) is 17.0. The van der Waals surface area contributed by atoms with E-state index in [1.54, 1.807) is 0 Å². The topological polar surface area (TPSA) is 93.2 Å². The second-order valence-electron chi connectivity index (χ2n) is 7.46. The van der Waals surface area contributed by atoms with Crippen LogP contribution in [0.1, 0.15) is 44.5 Å². The molecule has 2 heterocycles. The number of nitrogens with one attached hydrogen (secondary N) is 1. The van der Waals surface area contributed by atoms with Crippen molar-refractivity contribution in [2.45, 2.75) is 52.7 Å². The standard InChI is InChI=1S/C17H27N5O2/c1-12(2)10-21-6-3-7-22-14(11-21)8-13(20-22)9-19-16(24)17(4-5-17)15(18)23/h8,12H,3-7,9-11H2,1-2H3,(H2,18,23)(H,19,24). The van der Waals surface area contributed by atoms with Crippen LogP contribution < -0.4 is 11.1 Å². The lowest BCUT2D eigenvalue weighted by molar-refractivity contribution is -0.135. The van der Waals surface area contributed by atoms with E-state index in [1.807, 2.05) is 4.68 Å². The van der Waals surface area contributed by atoms with Gasteiger partial charge in [0.05, 0.1) is 17.9 Å². The number of aromatic nitrogens is 2. The molecule has 24 heavy (non-hydrogen) atoms. The zero-order chi connectivity index (χ0) is 17.3. The summed E-state index contributed by atoms with van der Waals surface area (Å²) in [5, 5.41) is 7.42. The van der Waals surface area contributed by atoms with Gasteiger partial charge in [0.15, 0.2) is 0 Å². The highest BCUT2D eigenvalue weighted by Crippen LogP contribution is 2.45. The Labute approximate surface area is 142 Å². The van der Waals surface area contributed by atoms with Crippen molar-refractivity contribution in [3.05, 3.63) is 17.5 Å². The highest BCUT2D eigenvalue weighted by atomic mass is 16.2. The van der Waals surface area contributed by atoms with Gasteiger partial charge in [-0.2, -0.15) is 5.10 Å². The first-order valence-corrected chi connectivity index (χ1v) is 8.77. The summed E-state index contributed by atoms with van der Waals surface area (Å²) in [6.07, 6.45) is 2.19. The summed E-state index contributed by atoms with van der Waals surface area (Å²) in [4.78, 5) is 26.0. The van der Waals surface area contributed by atoms with E-state index in [0.29, 0.717) is 25.3 Å². The number of aryl methyl sites for hydroxylation is 1. The molecule has 132 valence electrons. The average molecular weight is 333 g/mol. The SMILES string of the molecule is CC(C)CN1CCCn2nc(CNC(=O)C3(C(N)=O)CC3)cc2C1. The Morgan fingerprint density at radius 3 is 2.75 bits per heavy atom. The summed E-state index contributed by atoms with van der Waals surface area (Å²) >= 11 is 0. The number of hydrogen-bond donors (Lipinski definition) is 2. The molecule has 1 aliphatic heterocycles. The molecule has 0 bridgehead atoms. The van der Waals surface area contributed by atoms with Crippen molar-refractivity contribution < 1.29 is 9.59 Å². The molecule has 1 saturated carbocycles. The minimum atomic E-state index is -0.967. The summed E-state index contributed by atoms with van der Waals surface area (Å²) in [7, 11) is 0. The smallest absolute Gasteiger partial charge is 0.236 e. The van der Waals surface area contributed by atoms with Crippen molar-refractivity contribution >= 4 is 11.8 Å². The van der Waals surface area contributed by atoms with Crippen LogP contribution in [0, 0.1) is 11.3 Å². The first-order chi connectivity index (χ1) is 11.4. The van der Waals surface area contributed by atoms with Crippen LogP contribution in [0.5, 0.6) is 0 Å². The number of nitrogens with two attached hydrogens (primary N) is 1. The molecule has 2 aliphatic rings. The van der Waals surface area contributed by atoms with Gasteiger partial charge in [-0.1, -0.05) is 13.8 Å². The molecule has 1 aromatic rings. The van der Waals surface area contributed by atoms with Crippen molar-refractivity contribution in [3.63, 3.8) is 0 Å². The van der Waals surface area contributed by atoms with Gasteiger partial charge < -0.3 is 11.1 Å². The van der Waals surface area contributed by atoms with E-state index in [2.05, 4.69) is 35.2 Å². The lowest BCUT2D eigenvalue weighted by Gasteiger charge is -2.21. The van der Waals surface area contributed by atoms with E-state index in [4.69, 9.17) is 5.73 Å². The zero-order valence-corrected chi connectivity index (χ0v) is 14.5. The largest absolute Gasteiger partial charge is 0.369 e. The number of amides is 2. The molecule has 3 N–H and O–H groups in total. The molecule has 1 fully saturated rings. The molecular formula is C17H27N5O2. The second-order valence-corrected chi connectivity index (χ2v) is 7.46. The fraction of sp³-hybridized carbons (Fsp3) is 0.706. The van der Waals surface area contributed by atoms with E-state index < -0.39 is 11.3 Å². The Kier molecular flexibility index (Phi) is 4.62. The van der Waals surface area contributed by atoms with E-state index in [1.165, 1.54) is 5.69 Å². The molecule has 1 aromatic heterocycles. The molecule has 7 nitrogen and oxygen atoms in total. The van der Waals surface area contributed by atoms with Gasteiger partial charge in [0, 0.05) is 26.2 Å². The van der Waals surface area contributed by atoms with E-state index in [-0.39, 0.29) is 5.91 Å². The van der Waals surface area contributed by atoms with E-state index in [0.717, 1.165) is 38.3 Å². The Bertz CT molecular complexity index is 633. The molecule has 0 atom stereocenters. The maximum Gasteiger partial charge on any atom is 0.236 e. The third-order valence-electron chi connectivity index (χ3n) is 4.85. The summed E-state index contributed by atoms with van der Waals surface area (Å²) in [5.41, 5.74) is 6.39. The number of nitrogens with zero attached hydrogens (tertiary/aromatic N) is 3. The second kappa shape index (κ2) is 6.55. The number of fused-ring (bicyclic) bond motifs is 1. The Hall–Kier alpha value is -1.89. The van der Waals surface area contributed by atoms with Crippen molar-refractivity contribution in [2.24, 2.45) is 17.1 Å². The Morgan fingerprint density at radius 1 is 1.38 bits per heavy atom.